The van der Waals surface area contributed by atoms with Crippen molar-refractivity contribution in [2.24, 2.45) is 0 Å². The van der Waals surface area contributed by atoms with Gasteiger partial charge in [0.1, 0.15) is 22.9 Å². The van der Waals surface area contributed by atoms with E-state index in [-0.39, 0.29) is 17.9 Å². The minimum atomic E-state index is -0.539. The van der Waals surface area contributed by atoms with E-state index < -0.39 is 5.60 Å². The van der Waals surface area contributed by atoms with Gasteiger partial charge in [-0.15, -0.1) is 11.3 Å². The Labute approximate surface area is 231 Å². The van der Waals surface area contributed by atoms with Crippen LogP contribution in [0.3, 0.4) is 0 Å². The van der Waals surface area contributed by atoms with Crippen molar-refractivity contribution in [3.63, 3.8) is 0 Å². The number of nitrogens with zero attached hydrogens (tertiary/aromatic N) is 3. The first-order valence-corrected chi connectivity index (χ1v) is 13.6. The average molecular weight is 561 g/mol. The average Bonchev–Trinajstić information content (AvgIpc) is 3.51. The maximum Gasteiger partial charge on any atom is 0.410 e. The number of hydrogen-bond donors (Lipinski definition) is 1. The lowest BCUT2D eigenvalue weighted by molar-refractivity contribution is 0.0204. The third kappa shape index (κ3) is 6.60. The number of thiophene rings is 1. The van der Waals surface area contributed by atoms with Gasteiger partial charge in [-0.2, -0.15) is 9.78 Å². The predicted molar refractivity (Wildman–Crippen MR) is 148 cm³/mol. The smallest absolute Gasteiger partial charge is 0.410 e. The zero-order valence-electron chi connectivity index (χ0n) is 22.2. The highest BCUT2D eigenvalue weighted by Crippen LogP contribution is 2.32. The molecule has 3 aromatic rings. The van der Waals surface area contributed by atoms with E-state index in [9.17, 15) is 9.59 Å². The highest BCUT2D eigenvalue weighted by atomic mass is 35.5. The second kappa shape index (κ2) is 11.7. The van der Waals surface area contributed by atoms with Gasteiger partial charge in [-0.25, -0.2) is 4.79 Å². The van der Waals surface area contributed by atoms with Crippen LogP contribution < -0.4 is 14.8 Å². The standard InChI is InChI=1S/C27H33ClN4O5S/c1-27(2,3)37-26(34)31-12-10-17(11-13-31)21-15-24(29-16-19-7-9-23(28)38-19)32(30-21)25(33)20-8-6-18(35-4)14-22(20)36-5/h6-9,14-15,17,29H,10-13,16H2,1-5H3. The molecule has 0 atom stereocenters. The van der Waals surface area contributed by atoms with Crippen LogP contribution in [0, 0.1) is 0 Å². The van der Waals surface area contributed by atoms with Gasteiger partial charge >= 0.3 is 6.09 Å². The molecular weight excluding hydrogens is 528 g/mol. The summed E-state index contributed by atoms with van der Waals surface area (Å²) >= 11 is 7.57. The topological polar surface area (TPSA) is 94.9 Å². The van der Waals surface area contributed by atoms with Crippen molar-refractivity contribution < 1.29 is 23.8 Å². The van der Waals surface area contributed by atoms with E-state index in [1.807, 2.05) is 39.0 Å². The number of rotatable bonds is 7. The minimum Gasteiger partial charge on any atom is -0.497 e. The first-order valence-electron chi connectivity index (χ1n) is 12.4. The van der Waals surface area contributed by atoms with Crippen molar-refractivity contribution in [3.05, 3.63) is 56.9 Å². The van der Waals surface area contributed by atoms with Crippen molar-refractivity contribution in [1.82, 2.24) is 14.7 Å². The molecule has 4 rings (SSSR count). The molecule has 1 aromatic carbocycles. The normalized spacial score (nSPS) is 14.3. The van der Waals surface area contributed by atoms with Crippen LogP contribution in [0.15, 0.2) is 36.4 Å². The molecule has 0 spiro atoms. The van der Waals surface area contributed by atoms with E-state index in [0.29, 0.717) is 46.9 Å². The molecule has 0 bridgehead atoms. The molecule has 1 saturated heterocycles. The van der Waals surface area contributed by atoms with Crippen molar-refractivity contribution in [2.45, 2.75) is 51.7 Å². The Balaban J connectivity index is 1.57. The number of hydrogen-bond acceptors (Lipinski definition) is 8. The maximum absolute atomic E-state index is 13.7. The Hall–Kier alpha value is -3.24. The van der Waals surface area contributed by atoms with Gasteiger partial charge in [0, 0.05) is 36.0 Å². The van der Waals surface area contributed by atoms with Crippen LogP contribution in [0.2, 0.25) is 4.34 Å². The number of carbonyl (C=O) groups is 2. The lowest BCUT2D eigenvalue weighted by Crippen LogP contribution is -2.41. The Kier molecular flexibility index (Phi) is 8.52. The zero-order chi connectivity index (χ0) is 27.4. The lowest BCUT2D eigenvalue weighted by atomic mass is 9.94. The van der Waals surface area contributed by atoms with Crippen molar-refractivity contribution in [1.29, 1.82) is 0 Å². The van der Waals surface area contributed by atoms with Gasteiger partial charge in [0.05, 0.1) is 36.4 Å². The number of amides is 1. The van der Waals surface area contributed by atoms with E-state index in [1.54, 1.807) is 30.2 Å². The summed E-state index contributed by atoms with van der Waals surface area (Å²) in [5.41, 5.74) is 0.620. The number of likely N-dealkylation sites (tertiary alicyclic amines) is 1. The first kappa shape index (κ1) is 27.8. The number of anilines is 1. The fourth-order valence-electron chi connectivity index (χ4n) is 4.28. The highest BCUT2D eigenvalue weighted by Gasteiger charge is 2.30. The number of ether oxygens (including phenoxy) is 3. The third-order valence-electron chi connectivity index (χ3n) is 6.20. The molecule has 2 aromatic heterocycles. The van der Waals surface area contributed by atoms with Crippen molar-refractivity contribution >= 4 is 40.8 Å². The molecule has 38 heavy (non-hydrogen) atoms. The summed E-state index contributed by atoms with van der Waals surface area (Å²) in [5.74, 6) is 1.32. The summed E-state index contributed by atoms with van der Waals surface area (Å²) in [6.07, 6.45) is 1.13. The van der Waals surface area contributed by atoms with E-state index in [2.05, 4.69) is 5.32 Å². The molecule has 1 aliphatic heterocycles. The van der Waals surface area contributed by atoms with E-state index in [4.69, 9.17) is 30.9 Å². The summed E-state index contributed by atoms with van der Waals surface area (Å²) in [6.45, 7) is 7.19. The molecule has 204 valence electrons. The fourth-order valence-corrected chi connectivity index (χ4v) is 5.30. The van der Waals surface area contributed by atoms with Gasteiger partial charge in [0.2, 0.25) is 0 Å². The summed E-state index contributed by atoms with van der Waals surface area (Å²) in [4.78, 5) is 28.9. The quantitative estimate of drug-likeness (QED) is 0.377. The molecule has 3 heterocycles. The second-order valence-electron chi connectivity index (χ2n) is 10.0. The number of benzene rings is 1. The fraction of sp³-hybridized carbons (Fsp3) is 0.444. The largest absolute Gasteiger partial charge is 0.497 e. The molecule has 1 fully saturated rings. The van der Waals surface area contributed by atoms with Crippen LogP contribution >= 0.6 is 22.9 Å². The van der Waals surface area contributed by atoms with Gasteiger partial charge in [0.15, 0.2) is 0 Å². The Bertz CT molecular complexity index is 1290. The molecule has 1 aliphatic rings. The second-order valence-corrected chi connectivity index (χ2v) is 11.8. The van der Waals surface area contributed by atoms with Crippen LogP contribution in [-0.2, 0) is 11.3 Å². The van der Waals surface area contributed by atoms with Gasteiger partial charge in [-0.1, -0.05) is 11.6 Å². The van der Waals surface area contributed by atoms with Gasteiger partial charge in [-0.05, 0) is 57.9 Å². The van der Waals surface area contributed by atoms with E-state index >= 15 is 0 Å². The van der Waals surface area contributed by atoms with E-state index in [0.717, 1.165) is 23.4 Å². The number of carbonyl (C=O) groups excluding carboxylic acids is 2. The maximum atomic E-state index is 13.7. The van der Waals surface area contributed by atoms with Crippen LogP contribution in [0.25, 0.3) is 0 Å². The molecule has 11 heteroatoms. The number of aromatic nitrogens is 2. The number of piperidine rings is 1. The molecule has 0 unspecified atom stereocenters. The third-order valence-corrected chi connectivity index (χ3v) is 7.43. The van der Waals surface area contributed by atoms with Crippen molar-refractivity contribution in [3.8, 4) is 11.5 Å². The molecule has 1 amide bonds. The lowest BCUT2D eigenvalue weighted by Gasteiger charge is -2.32. The van der Waals surface area contributed by atoms with Crippen molar-refractivity contribution in [2.75, 3.05) is 32.6 Å². The Morgan fingerprint density at radius 1 is 1.11 bits per heavy atom. The van der Waals surface area contributed by atoms with Crippen LogP contribution in [0.4, 0.5) is 10.6 Å². The highest BCUT2D eigenvalue weighted by molar-refractivity contribution is 7.16. The number of methoxy groups -OCH3 is 2. The summed E-state index contributed by atoms with van der Waals surface area (Å²) in [7, 11) is 3.07. The Morgan fingerprint density at radius 3 is 2.45 bits per heavy atom. The zero-order valence-corrected chi connectivity index (χ0v) is 23.8. The molecule has 1 N–H and O–H groups in total. The Morgan fingerprint density at radius 2 is 1.84 bits per heavy atom. The summed E-state index contributed by atoms with van der Waals surface area (Å²) < 4.78 is 18.3. The SMILES string of the molecule is COc1ccc(C(=O)n2nc(C3CCN(C(=O)OC(C)(C)C)CC3)cc2NCc2ccc(Cl)s2)c(OC)c1. The van der Waals surface area contributed by atoms with E-state index in [1.165, 1.54) is 23.1 Å². The molecule has 0 saturated carbocycles. The van der Waals surface area contributed by atoms with Crippen LogP contribution in [-0.4, -0.2) is 59.6 Å². The molecule has 0 radical (unpaired) electrons. The summed E-state index contributed by atoms with van der Waals surface area (Å²) in [6, 6.07) is 10.8. The molecule has 0 aliphatic carbocycles. The summed E-state index contributed by atoms with van der Waals surface area (Å²) in [5, 5.41) is 8.08. The van der Waals surface area contributed by atoms with Gasteiger partial charge in [0.25, 0.3) is 5.91 Å². The van der Waals surface area contributed by atoms with Crippen LogP contribution in [0.1, 0.15) is 60.5 Å². The molecular formula is C27H33ClN4O5S. The number of nitrogens with one attached hydrogen (secondary N) is 1. The minimum absolute atomic E-state index is 0.0947. The molecule has 9 nitrogen and oxygen atoms in total. The van der Waals surface area contributed by atoms with Crippen LogP contribution in [0.5, 0.6) is 11.5 Å². The number of halogens is 1. The monoisotopic (exact) mass is 560 g/mol. The van der Waals surface area contributed by atoms with Gasteiger partial charge < -0.3 is 24.4 Å². The first-order chi connectivity index (χ1) is 18.1. The van der Waals surface area contributed by atoms with Gasteiger partial charge in [-0.3, -0.25) is 4.79 Å². The predicted octanol–water partition coefficient (Wildman–Crippen LogP) is 6.03.